The molecule has 0 unspecified atom stereocenters. The van der Waals surface area contributed by atoms with Crippen molar-refractivity contribution in [2.75, 3.05) is 11.1 Å². The van der Waals surface area contributed by atoms with E-state index in [2.05, 4.69) is 26.2 Å². The molecular weight excluding hydrogens is 308 g/mol. The Morgan fingerprint density at radius 3 is 2.74 bits per heavy atom. The zero-order valence-electron chi connectivity index (χ0n) is 10.3. The number of nitrogens with two attached hydrogens (primary N) is 2. The molecule has 98 valence electrons. The number of halogens is 1. The van der Waals surface area contributed by atoms with Crippen LogP contribution in [0.15, 0.2) is 34.8 Å². The number of carbonyl (C=O) groups is 1. The quantitative estimate of drug-likeness (QED) is 0.810. The van der Waals surface area contributed by atoms with Crippen LogP contribution in [0.3, 0.4) is 0 Å². The number of nitrogens with one attached hydrogen (secondary N) is 1. The molecule has 1 aromatic heterocycles. The summed E-state index contributed by atoms with van der Waals surface area (Å²) in [6.45, 7) is 1.96. The Morgan fingerprint density at radius 1 is 1.32 bits per heavy atom. The van der Waals surface area contributed by atoms with Crippen molar-refractivity contribution >= 4 is 39.0 Å². The van der Waals surface area contributed by atoms with Crippen molar-refractivity contribution < 1.29 is 4.79 Å². The number of benzene rings is 1. The Hall–Kier alpha value is -2.08. The van der Waals surface area contributed by atoms with Gasteiger partial charge < -0.3 is 16.8 Å². The minimum atomic E-state index is -0.589. The molecule has 19 heavy (non-hydrogen) atoms. The predicted octanol–water partition coefficient (Wildman–Crippen LogP) is 2.58. The van der Waals surface area contributed by atoms with Crippen LogP contribution in [0.5, 0.6) is 0 Å². The van der Waals surface area contributed by atoms with Gasteiger partial charge in [0.25, 0.3) is 5.91 Å². The van der Waals surface area contributed by atoms with Crippen molar-refractivity contribution in [2.45, 2.75) is 6.92 Å². The topological polar surface area (TPSA) is 94.0 Å². The standard InChI is InChI=1S/C13H13BrN4O/c1-7-2-3-8(14)6-11(7)18-13-9(15)4-5-10(17-13)12(16)19/h2-6H,15H2,1H3,(H2,16,19)(H,17,18). The number of aromatic nitrogens is 1. The van der Waals surface area contributed by atoms with Crippen LogP contribution >= 0.6 is 15.9 Å². The van der Waals surface area contributed by atoms with E-state index in [1.165, 1.54) is 6.07 Å². The highest BCUT2D eigenvalue weighted by Gasteiger charge is 2.08. The lowest BCUT2D eigenvalue weighted by Crippen LogP contribution is -2.14. The Morgan fingerprint density at radius 2 is 2.05 bits per heavy atom. The normalized spacial score (nSPS) is 10.2. The van der Waals surface area contributed by atoms with Gasteiger partial charge in [0.1, 0.15) is 5.69 Å². The highest BCUT2D eigenvalue weighted by Crippen LogP contribution is 2.26. The second-order valence-electron chi connectivity index (χ2n) is 4.08. The number of nitrogens with zero attached hydrogens (tertiary/aromatic N) is 1. The molecule has 0 aliphatic rings. The molecule has 0 aliphatic heterocycles. The van der Waals surface area contributed by atoms with Gasteiger partial charge in [-0.15, -0.1) is 0 Å². The van der Waals surface area contributed by atoms with Gasteiger partial charge in [0.15, 0.2) is 5.82 Å². The second-order valence-corrected chi connectivity index (χ2v) is 5.00. The number of hydrogen-bond acceptors (Lipinski definition) is 4. The number of carbonyl (C=O) groups excluding carboxylic acids is 1. The molecule has 1 heterocycles. The monoisotopic (exact) mass is 320 g/mol. The van der Waals surface area contributed by atoms with Crippen LogP contribution in [-0.4, -0.2) is 10.9 Å². The molecule has 0 saturated heterocycles. The third-order valence-electron chi connectivity index (χ3n) is 2.63. The minimum Gasteiger partial charge on any atom is -0.396 e. The van der Waals surface area contributed by atoms with Crippen LogP contribution in [0.25, 0.3) is 0 Å². The number of pyridine rings is 1. The molecule has 0 bridgehead atoms. The van der Waals surface area contributed by atoms with E-state index in [4.69, 9.17) is 11.5 Å². The van der Waals surface area contributed by atoms with Gasteiger partial charge >= 0.3 is 0 Å². The highest BCUT2D eigenvalue weighted by atomic mass is 79.9. The summed E-state index contributed by atoms with van der Waals surface area (Å²) in [7, 11) is 0. The first-order valence-electron chi connectivity index (χ1n) is 5.57. The van der Waals surface area contributed by atoms with Gasteiger partial charge in [0, 0.05) is 10.2 Å². The Kier molecular flexibility index (Phi) is 3.71. The maximum atomic E-state index is 11.1. The van der Waals surface area contributed by atoms with Crippen LogP contribution < -0.4 is 16.8 Å². The van der Waals surface area contributed by atoms with Gasteiger partial charge in [-0.2, -0.15) is 0 Å². The van der Waals surface area contributed by atoms with Gasteiger partial charge in [-0.05, 0) is 36.8 Å². The molecular formula is C13H13BrN4O. The third kappa shape index (κ3) is 3.03. The molecule has 0 radical (unpaired) electrons. The van der Waals surface area contributed by atoms with Crippen molar-refractivity contribution in [3.63, 3.8) is 0 Å². The average Bonchev–Trinajstić information content (AvgIpc) is 2.36. The molecule has 0 atom stereocenters. The Labute approximate surface area is 119 Å². The second kappa shape index (κ2) is 5.27. The van der Waals surface area contributed by atoms with Gasteiger partial charge in [0.05, 0.1) is 5.69 Å². The van der Waals surface area contributed by atoms with E-state index >= 15 is 0 Å². The lowest BCUT2D eigenvalue weighted by molar-refractivity contribution is 0.0996. The number of amides is 1. The van der Waals surface area contributed by atoms with E-state index in [-0.39, 0.29) is 5.69 Å². The van der Waals surface area contributed by atoms with Crippen molar-refractivity contribution in [1.82, 2.24) is 4.98 Å². The zero-order valence-corrected chi connectivity index (χ0v) is 11.9. The van der Waals surface area contributed by atoms with Gasteiger partial charge in [0.2, 0.25) is 0 Å². The fourth-order valence-corrected chi connectivity index (χ4v) is 1.92. The molecule has 0 aliphatic carbocycles. The van der Waals surface area contributed by atoms with Gasteiger partial charge in [-0.25, -0.2) is 4.98 Å². The molecule has 0 saturated carbocycles. The molecule has 5 nitrogen and oxygen atoms in total. The number of rotatable bonds is 3. The summed E-state index contributed by atoms with van der Waals surface area (Å²) in [5.74, 6) is -0.175. The maximum Gasteiger partial charge on any atom is 0.267 e. The molecule has 1 amide bonds. The number of primary amides is 1. The average molecular weight is 321 g/mol. The van der Waals surface area contributed by atoms with Crippen LogP contribution in [0.2, 0.25) is 0 Å². The van der Waals surface area contributed by atoms with E-state index in [0.29, 0.717) is 11.5 Å². The van der Waals surface area contributed by atoms with Gasteiger partial charge in [-0.3, -0.25) is 4.79 Å². The minimum absolute atomic E-state index is 0.171. The number of anilines is 3. The molecule has 1 aromatic carbocycles. The predicted molar refractivity (Wildman–Crippen MR) is 79.3 cm³/mol. The van der Waals surface area contributed by atoms with Crippen molar-refractivity contribution in [3.05, 3.63) is 46.1 Å². The summed E-state index contributed by atoms with van der Waals surface area (Å²) < 4.78 is 0.935. The summed E-state index contributed by atoms with van der Waals surface area (Å²) in [6, 6.07) is 8.91. The first kappa shape index (κ1) is 13.4. The molecule has 0 spiro atoms. The summed E-state index contributed by atoms with van der Waals surface area (Å²) in [6.07, 6.45) is 0. The first-order chi connectivity index (χ1) is 8.97. The van der Waals surface area contributed by atoms with E-state index in [1.807, 2.05) is 25.1 Å². The highest BCUT2D eigenvalue weighted by molar-refractivity contribution is 9.10. The van der Waals surface area contributed by atoms with Crippen LogP contribution in [0.1, 0.15) is 16.1 Å². The SMILES string of the molecule is Cc1ccc(Br)cc1Nc1nc(C(N)=O)ccc1N. The fourth-order valence-electron chi connectivity index (χ4n) is 1.56. The summed E-state index contributed by atoms with van der Waals surface area (Å²) in [5, 5.41) is 3.10. The van der Waals surface area contributed by atoms with E-state index < -0.39 is 5.91 Å². The molecule has 2 rings (SSSR count). The summed E-state index contributed by atoms with van der Waals surface area (Å²) in [4.78, 5) is 15.2. The van der Waals surface area contributed by atoms with Crippen molar-refractivity contribution in [2.24, 2.45) is 5.73 Å². The number of nitrogen functional groups attached to an aromatic ring is 1. The molecule has 5 N–H and O–H groups in total. The van der Waals surface area contributed by atoms with Gasteiger partial charge in [-0.1, -0.05) is 22.0 Å². The smallest absolute Gasteiger partial charge is 0.267 e. The zero-order chi connectivity index (χ0) is 14.0. The lowest BCUT2D eigenvalue weighted by Gasteiger charge is -2.12. The maximum absolute atomic E-state index is 11.1. The largest absolute Gasteiger partial charge is 0.396 e. The van der Waals surface area contributed by atoms with Crippen LogP contribution in [0.4, 0.5) is 17.2 Å². The van der Waals surface area contributed by atoms with E-state index in [9.17, 15) is 4.79 Å². The third-order valence-corrected chi connectivity index (χ3v) is 3.12. The van der Waals surface area contributed by atoms with Crippen molar-refractivity contribution in [3.8, 4) is 0 Å². The number of aryl methyl sites for hydroxylation is 1. The van der Waals surface area contributed by atoms with E-state index in [1.54, 1.807) is 6.07 Å². The lowest BCUT2D eigenvalue weighted by atomic mass is 10.2. The Balaban J connectivity index is 2.40. The summed E-state index contributed by atoms with van der Waals surface area (Å²) >= 11 is 3.40. The van der Waals surface area contributed by atoms with Crippen LogP contribution in [-0.2, 0) is 0 Å². The van der Waals surface area contributed by atoms with Crippen molar-refractivity contribution in [1.29, 1.82) is 0 Å². The molecule has 2 aromatic rings. The Bertz CT molecular complexity index is 643. The fraction of sp³-hybridized carbons (Fsp3) is 0.0769. The first-order valence-corrected chi connectivity index (χ1v) is 6.36. The molecule has 0 fully saturated rings. The van der Waals surface area contributed by atoms with E-state index in [0.717, 1.165) is 15.7 Å². The summed E-state index contributed by atoms with van der Waals surface area (Å²) in [5.41, 5.74) is 13.6. The number of hydrogen-bond donors (Lipinski definition) is 3. The van der Waals surface area contributed by atoms with Crippen LogP contribution in [0, 0.1) is 6.92 Å². The molecule has 6 heteroatoms.